The van der Waals surface area contributed by atoms with Gasteiger partial charge in [0.15, 0.2) is 5.16 Å². The first-order chi connectivity index (χ1) is 15.1. The van der Waals surface area contributed by atoms with Gasteiger partial charge in [0, 0.05) is 36.8 Å². The van der Waals surface area contributed by atoms with Crippen molar-refractivity contribution < 1.29 is 0 Å². The number of hydrogen-bond acceptors (Lipinski definition) is 9. The van der Waals surface area contributed by atoms with Crippen molar-refractivity contribution in [2.45, 2.75) is 29.3 Å². The molecule has 3 N–H and O–H groups in total. The van der Waals surface area contributed by atoms with Gasteiger partial charge in [-0.2, -0.15) is 15.0 Å². The second-order valence-corrected chi connectivity index (χ2v) is 9.42. The topological polar surface area (TPSA) is 95.6 Å². The summed E-state index contributed by atoms with van der Waals surface area (Å²) in [5.41, 5.74) is 8.00. The van der Waals surface area contributed by atoms with E-state index in [1.807, 2.05) is 24.3 Å². The van der Waals surface area contributed by atoms with E-state index >= 15 is 0 Å². The van der Waals surface area contributed by atoms with Gasteiger partial charge in [-0.25, -0.2) is 0 Å². The summed E-state index contributed by atoms with van der Waals surface area (Å²) in [5.74, 6) is 2.82. The summed E-state index contributed by atoms with van der Waals surface area (Å²) in [4.78, 5) is 24.4. The quantitative estimate of drug-likeness (QED) is 0.691. The predicted octanol–water partition coefficient (Wildman–Crippen LogP) is 2.91. The van der Waals surface area contributed by atoms with Crippen molar-refractivity contribution in [1.82, 2.24) is 19.9 Å². The van der Waals surface area contributed by atoms with E-state index in [0.717, 1.165) is 49.1 Å². The molecule has 162 valence electrons. The maximum absolute atomic E-state index is 5.83. The SMILES string of the molecule is CN1CCN(c2nc(NC3=NCC(C4CCC4)=C3)nc(Sc3ccc(N)cc3)n2)CC1. The minimum atomic E-state index is 0.548. The number of aromatic nitrogens is 3. The van der Waals surface area contributed by atoms with Gasteiger partial charge in [-0.15, -0.1) is 0 Å². The molecule has 2 aliphatic heterocycles. The van der Waals surface area contributed by atoms with Gasteiger partial charge in [0.25, 0.3) is 0 Å². The fourth-order valence-corrected chi connectivity index (χ4v) is 4.64. The lowest BCUT2D eigenvalue weighted by Crippen LogP contribution is -2.45. The smallest absolute Gasteiger partial charge is 0.234 e. The summed E-state index contributed by atoms with van der Waals surface area (Å²) < 4.78 is 0. The third-order valence-corrected chi connectivity index (χ3v) is 6.97. The van der Waals surface area contributed by atoms with Gasteiger partial charge in [-0.3, -0.25) is 4.99 Å². The number of likely N-dealkylation sites (N-methyl/N-ethyl adjacent to an activating group) is 1. The van der Waals surface area contributed by atoms with Crippen molar-refractivity contribution in [3.8, 4) is 0 Å². The van der Waals surface area contributed by atoms with Crippen LogP contribution in [0.3, 0.4) is 0 Å². The molecule has 31 heavy (non-hydrogen) atoms. The number of amidine groups is 1. The summed E-state index contributed by atoms with van der Waals surface area (Å²) >= 11 is 1.52. The van der Waals surface area contributed by atoms with Crippen molar-refractivity contribution in [2.75, 3.05) is 55.7 Å². The molecule has 1 saturated carbocycles. The molecule has 0 spiro atoms. The Balaban J connectivity index is 1.38. The Morgan fingerprint density at radius 3 is 2.52 bits per heavy atom. The van der Waals surface area contributed by atoms with Crippen LogP contribution in [0.25, 0.3) is 0 Å². The highest BCUT2D eigenvalue weighted by Gasteiger charge is 2.25. The van der Waals surface area contributed by atoms with Crippen LogP contribution in [0.4, 0.5) is 17.6 Å². The lowest BCUT2D eigenvalue weighted by molar-refractivity contribution is 0.311. The van der Waals surface area contributed by atoms with Crippen molar-refractivity contribution in [2.24, 2.45) is 10.9 Å². The van der Waals surface area contributed by atoms with Crippen LogP contribution >= 0.6 is 11.8 Å². The van der Waals surface area contributed by atoms with Crippen molar-refractivity contribution in [3.63, 3.8) is 0 Å². The van der Waals surface area contributed by atoms with Crippen molar-refractivity contribution >= 4 is 35.2 Å². The Kier molecular flexibility index (Phi) is 5.78. The number of aliphatic imine (C=N–C) groups is 1. The molecule has 0 radical (unpaired) electrons. The first-order valence-electron chi connectivity index (χ1n) is 10.9. The van der Waals surface area contributed by atoms with E-state index in [1.165, 1.54) is 36.6 Å². The van der Waals surface area contributed by atoms with Crippen LogP contribution in [0.15, 0.2) is 51.0 Å². The highest BCUT2D eigenvalue weighted by Crippen LogP contribution is 2.34. The third kappa shape index (κ3) is 4.83. The van der Waals surface area contributed by atoms with Crippen LogP contribution < -0.4 is 16.0 Å². The second-order valence-electron chi connectivity index (χ2n) is 8.38. The normalized spacial score (nSPS) is 19.7. The van der Waals surface area contributed by atoms with Gasteiger partial charge in [-0.05, 0) is 73.5 Å². The van der Waals surface area contributed by atoms with E-state index < -0.39 is 0 Å². The summed E-state index contributed by atoms with van der Waals surface area (Å²) in [6, 6.07) is 7.76. The largest absolute Gasteiger partial charge is 0.399 e. The minimum absolute atomic E-state index is 0.548. The van der Waals surface area contributed by atoms with Crippen LogP contribution in [-0.4, -0.2) is 65.5 Å². The molecule has 0 amide bonds. The number of rotatable bonds is 5. The molecule has 2 fully saturated rings. The van der Waals surface area contributed by atoms with Gasteiger partial charge in [-0.1, -0.05) is 6.42 Å². The molecule has 0 unspecified atom stereocenters. The van der Waals surface area contributed by atoms with E-state index in [4.69, 9.17) is 15.7 Å². The number of hydrogen-bond donors (Lipinski definition) is 2. The standard InChI is InChI=1S/C22H28N8S/c1-29-9-11-30(12-10-29)21-26-20(25-19-13-16(14-24-19)15-3-2-4-15)27-22(28-21)31-18-7-5-17(23)6-8-18/h5-8,13,15H,2-4,9-12,14,23H2,1H3,(H,24,25,26,27,28). The number of piperazine rings is 1. The molecule has 1 saturated heterocycles. The third-order valence-electron chi connectivity index (χ3n) is 6.10. The van der Waals surface area contributed by atoms with Crippen LogP contribution in [-0.2, 0) is 0 Å². The van der Waals surface area contributed by atoms with Gasteiger partial charge in [0.05, 0.1) is 6.54 Å². The Labute approximate surface area is 187 Å². The first-order valence-corrected chi connectivity index (χ1v) is 11.7. The number of nitrogens with two attached hydrogens (primary N) is 1. The number of nitrogens with one attached hydrogen (secondary N) is 1. The number of nitrogens with zero attached hydrogens (tertiary/aromatic N) is 6. The Bertz CT molecular complexity index is 991. The van der Waals surface area contributed by atoms with Gasteiger partial charge < -0.3 is 20.9 Å². The van der Waals surface area contributed by atoms with E-state index in [0.29, 0.717) is 23.0 Å². The zero-order valence-corrected chi connectivity index (χ0v) is 18.6. The van der Waals surface area contributed by atoms with Crippen LogP contribution in [0.5, 0.6) is 0 Å². The molecule has 1 aliphatic carbocycles. The fourth-order valence-electron chi connectivity index (χ4n) is 3.90. The molecule has 9 heteroatoms. The lowest BCUT2D eigenvalue weighted by atomic mass is 9.80. The average Bonchev–Trinajstić information content (AvgIpc) is 3.16. The highest BCUT2D eigenvalue weighted by molar-refractivity contribution is 7.99. The molecule has 1 aromatic heterocycles. The zero-order chi connectivity index (χ0) is 21.2. The number of benzene rings is 1. The zero-order valence-electron chi connectivity index (χ0n) is 17.8. The summed E-state index contributed by atoms with van der Waals surface area (Å²) in [7, 11) is 2.14. The first kappa shape index (κ1) is 20.3. The minimum Gasteiger partial charge on any atom is -0.399 e. The van der Waals surface area contributed by atoms with Crippen LogP contribution in [0.2, 0.25) is 0 Å². The maximum Gasteiger partial charge on any atom is 0.234 e. The van der Waals surface area contributed by atoms with E-state index in [1.54, 1.807) is 0 Å². The molecule has 3 aliphatic rings. The Hall–Kier alpha value is -2.65. The van der Waals surface area contributed by atoms with E-state index in [-0.39, 0.29) is 0 Å². The van der Waals surface area contributed by atoms with E-state index in [2.05, 4.69) is 38.2 Å². The highest BCUT2D eigenvalue weighted by atomic mass is 32.2. The molecular formula is C22H28N8S. The molecule has 0 bridgehead atoms. The van der Waals surface area contributed by atoms with Gasteiger partial charge in [0.2, 0.25) is 11.9 Å². The fraction of sp³-hybridized carbons (Fsp3) is 0.455. The number of nitrogen functional groups attached to an aromatic ring is 1. The summed E-state index contributed by atoms with van der Waals surface area (Å²) in [6.07, 6.45) is 6.08. The summed E-state index contributed by atoms with van der Waals surface area (Å²) in [5, 5.41) is 4.00. The lowest BCUT2D eigenvalue weighted by Gasteiger charge is -2.32. The number of anilines is 3. The average molecular weight is 437 g/mol. The molecule has 5 rings (SSSR count). The van der Waals surface area contributed by atoms with Gasteiger partial charge >= 0.3 is 0 Å². The van der Waals surface area contributed by atoms with Crippen LogP contribution in [0, 0.1) is 5.92 Å². The second kappa shape index (κ2) is 8.84. The Morgan fingerprint density at radius 2 is 1.81 bits per heavy atom. The molecule has 2 aromatic rings. The Morgan fingerprint density at radius 1 is 1.03 bits per heavy atom. The molecule has 1 aromatic carbocycles. The molecule has 3 heterocycles. The van der Waals surface area contributed by atoms with Crippen LogP contribution in [0.1, 0.15) is 19.3 Å². The monoisotopic (exact) mass is 436 g/mol. The van der Waals surface area contributed by atoms with Gasteiger partial charge in [0.1, 0.15) is 5.84 Å². The molecular weight excluding hydrogens is 408 g/mol. The van der Waals surface area contributed by atoms with E-state index in [9.17, 15) is 0 Å². The maximum atomic E-state index is 5.83. The molecule has 8 nitrogen and oxygen atoms in total. The van der Waals surface area contributed by atoms with Crippen molar-refractivity contribution in [1.29, 1.82) is 0 Å². The molecule has 0 atom stereocenters. The predicted molar refractivity (Wildman–Crippen MR) is 126 cm³/mol. The summed E-state index contributed by atoms with van der Waals surface area (Å²) in [6.45, 7) is 4.58. The van der Waals surface area contributed by atoms with Crippen molar-refractivity contribution in [3.05, 3.63) is 35.9 Å².